The van der Waals surface area contributed by atoms with Gasteiger partial charge in [-0.1, -0.05) is 30.3 Å². The number of nitrogens with two attached hydrogens (primary N) is 1. The van der Waals surface area contributed by atoms with Crippen LogP contribution in [0.3, 0.4) is 0 Å². The van der Waals surface area contributed by atoms with Gasteiger partial charge in [-0.2, -0.15) is 5.48 Å². The molecule has 0 bridgehead atoms. The number of rotatable bonds is 4. The normalized spacial score (nSPS) is 9.52. The van der Waals surface area contributed by atoms with Crippen molar-refractivity contribution in [3.8, 4) is 17.2 Å². The van der Waals surface area contributed by atoms with Crippen molar-refractivity contribution >= 4 is 12.2 Å². The SMILES string of the molecule is NC(=O)Oc1ccccc1OC(=O)NOc1ccccc1. The van der Waals surface area contributed by atoms with Crippen LogP contribution in [0.1, 0.15) is 0 Å². The van der Waals surface area contributed by atoms with Crippen molar-refractivity contribution in [1.29, 1.82) is 0 Å². The Balaban J connectivity index is 1.95. The predicted octanol–water partition coefficient (Wildman–Crippen LogP) is 2.23. The van der Waals surface area contributed by atoms with Crippen LogP contribution in [0.5, 0.6) is 17.2 Å². The molecule has 7 nitrogen and oxygen atoms in total. The smallest absolute Gasteiger partial charge is 0.406 e. The molecule has 0 saturated heterocycles. The van der Waals surface area contributed by atoms with E-state index in [4.69, 9.17) is 20.0 Å². The number of carbonyl (C=O) groups is 2. The molecule has 21 heavy (non-hydrogen) atoms. The molecule has 0 heterocycles. The molecule has 0 aliphatic carbocycles. The molecule has 2 aromatic rings. The van der Waals surface area contributed by atoms with Crippen LogP contribution in [0.15, 0.2) is 54.6 Å². The minimum absolute atomic E-state index is 0.0276. The standard InChI is InChI=1S/C14H12N2O5/c15-13(17)19-11-8-4-5-9-12(11)20-14(18)16-21-10-6-2-1-3-7-10/h1-9H,(H2,15,17)(H,16,18). The zero-order valence-corrected chi connectivity index (χ0v) is 10.8. The maximum Gasteiger partial charge on any atom is 0.446 e. The molecule has 0 spiro atoms. The van der Waals surface area contributed by atoms with Gasteiger partial charge in [-0.15, -0.1) is 0 Å². The highest BCUT2D eigenvalue weighted by molar-refractivity contribution is 5.73. The average molecular weight is 288 g/mol. The largest absolute Gasteiger partial charge is 0.446 e. The summed E-state index contributed by atoms with van der Waals surface area (Å²) in [5, 5.41) is 0. The molecule has 0 aliphatic rings. The first kappa shape index (κ1) is 14.2. The minimum atomic E-state index is -1.01. The zero-order chi connectivity index (χ0) is 15.1. The van der Waals surface area contributed by atoms with Crippen LogP contribution in [-0.4, -0.2) is 12.2 Å². The maximum absolute atomic E-state index is 11.6. The molecule has 108 valence electrons. The van der Waals surface area contributed by atoms with Gasteiger partial charge in [-0.25, -0.2) is 9.59 Å². The predicted molar refractivity (Wildman–Crippen MR) is 72.9 cm³/mol. The Hall–Kier alpha value is -3.22. The molecule has 7 heteroatoms. The molecule has 0 aliphatic heterocycles. The Morgan fingerprint density at radius 3 is 2.05 bits per heavy atom. The summed E-state index contributed by atoms with van der Waals surface area (Å²) in [5.41, 5.74) is 7.01. The molecule has 3 N–H and O–H groups in total. The molecule has 0 saturated carbocycles. The molecular weight excluding hydrogens is 276 g/mol. The quantitative estimate of drug-likeness (QED) is 0.840. The fourth-order valence-corrected chi connectivity index (χ4v) is 1.44. The van der Waals surface area contributed by atoms with E-state index in [1.165, 1.54) is 12.1 Å². The Labute approximate surface area is 120 Å². The third-order valence-electron chi connectivity index (χ3n) is 2.26. The van der Waals surface area contributed by atoms with Gasteiger partial charge < -0.3 is 20.0 Å². The van der Waals surface area contributed by atoms with Gasteiger partial charge in [-0.3, -0.25) is 0 Å². The van der Waals surface area contributed by atoms with Crippen molar-refractivity contribution in [2.24, 2.45) is 5.73 Å². The second kappa shape index (κ2) is 6.80. The third-order valence-corrected chi connectivity index (χ3v) is 2.26. The summed E-state index contributed by atoms with van der Waals surface area (Å²) in [5.74, 6) is 0.501. The monoisotopic (exact) mass is 288 g/mol. The highest BCUT2D eigenvalue weighted by Crippen LogP contribution is 2.26. The number of amides is 2. The summed E-state index contributed by atoms with van der Waals surface area (Å²) in [6, 6.07) is 14.7. The second-order valence-electron chi connectivity index (χ2n) is 3.77. The number of carbonyl (C=O) groups excluding carboxylic acids is 2. The highest BCUT2D eigenvalue weighted by Gasteiger charge is 2.12. The zero-order valence-electron chi connectivity index (χ0n) is 10.8. The van der Waals surface area contributed by atoms with E-state index in [-0.39, 0.29) is 11.5 Å². The molecular formula is C14H12N2O5. The van der Waals surface area contributed by atoms with Gasteiger partial charge >= 0.3 is 12.2 Å². The Morgan fingerprint density at radius 1 is 0.857 bits per heavy atom. The molecule has 0 atom stereocenters. The number of hydroxylamine groups is 1. The molecule has 0 radical (unpaired) electrons. The first-order valence-electron chi connectivity index (χ1n) is 5.91. The summed E-state index contributed by atoms with van der Waals surface area (Å²) in [6.07, 6.45) is -1.88. The van der Waals surface area contributed by atoms with E-state index in [2.05, 4.69) is 5.48 Å². The summed E-state index contributed by atoms with van der Waals surface area (Å²) >= 11 is 0. The van der Waals surface area contributed by atoms with Crippen LogP contribution in [0.25, 0.3) is 0 Å². The third kappa shape index (κ3) is 4.43. The van der Waals surface area contributed by atoms with E-state index in [9.17, 15) is 9.59 Å². The van der Waals surface area contributed by atoms with Crippen LogP contribution in [0.4, 0.5) is 9.59 Å². The fourth-order valence-electron chi connectivity index (χ4n) is 1.44. The van der Waals surface area contributed by atoms with Crippen LogP contribution < -0.4 is 25.5 Å². The fraction of sp³-hybridized carbons (Fsp3) is 0. The van der Waals surface area contributed by atoms with Crippen molar-refractivity contribution in [2.45, 2.75) is 0 Å². The van der Waals surface area contributed by atoms with Crippen molar-refractivity contribution in [3.63, 3.8) is 0 Å². The van der Waals surface area contributed by atoms with E-state index in [1.54, 1.807) is 36.4 Å². The Morgan fingerprint density at radius 2 is 1.43 bits per heavy atom. The lowest BCUT2D eigenvalue weighted by molar-refractivity contribution is 0.140. The van der Waals surface area contributed by atoms with E-state index in [1.807, 2.05) is 6.07 Å². The van der Waals surface area contributed by atoms with Crippen LogP contribution in [0, 0.1) is 0 Å². The molecule has 2 rings (SSSR count). The summed E-state index contributed by atoms with van der Waals surface area (Å²) in [4.78, 5) is 27.3. The highest BCUT2D eigenvalue weighted by atomic mass is 16.7. The Bertz CT molecular complexity index is 630. The summed E-state index contributed by atoms with van der Waals surface area (Å²) < 4.78 is 9.66. The van der Waals surface area contributed by atoms with Gasteiger partial charge in [0.25, 0.3) is 0 Å². The van der Waals surface area contributed by atoms with E-state index in [0.717, 1.165) is 0 Å². The molecule has 2 aromatic carbocycles. The number of primary amides is 1. The maximum atomic E-state index is 11.6. The van der Waals surface area contributed by atoms with Crippen LogP contribution in [0.2, 0.25) is 0 Å². The average Bonchev–Trinajstić information content (AvgIpc) is 2.48. The van der Waals surface area contributed by atoms with Crippen molar-refractivity contribution < 1.29 is 23.9 Å². The van der Waals surface area contributed by atoms with Crippen molar-refractivity contribution in [1.82, 2.24) is 5.48 Å². The molecule has 2 amide bonds. The number of para-hydroxylation sites is 3. The Kier molecular flexibility index (Phi) is 4.60. The lowest BCUT2D eigenvalue weighted by atomic mass is 10.3. The van der Waals surface area contributed by atoms with Gasteiger partial charge in [0.15, 0.2) is 17.2 Å². The van der Waals surface area contributed by atoms with Crippen LogP contribution >= 0.6 is 0 Å². The first-order valence-corrected chi connectivity index (χ1v) is 5.91. The summed E-state index contributed by atoms with van der Waals surface area (Å²) in [6.45, 7) is 0. The molecule has 0 aromatic heterocycles. The van der Waals surface area contributed by atoms with Crippen LogP contribution in [-0.2, 0) is 0 Å². The number of hydrogen-bond donors (Lipinski definition) is 2. The van der Waals surface area contributed by atoms with Gasteiger partial charge in [0.1, 0.15) is 0 Å². The first-order chi connectivity index (χ1) is 10.1. The van der Waals surface area contributed by atoms with Gasteiger partial charge in [0.2, 0.25) is 0 Å². The number of ether oxygens (including phenoxy) is 2. The second-order valence-corrected chi connectivity index (χ2v) is 3.77. The van der Waals surface area contributed by atoms with Gasteiger partial charge in [0, 0.05) is 0 Å². The number of benzene rings is 2. The lowest BCUT2D eigenvalue weighted by Gasteiger charge is -2.10. The van der Waals surface area contributed by atoms with Gasteiger partial charge in [-0.05, 0) is 24.3 Å². The van der Waals surface area contributed by atoms with E-state index >= 15 is 0 Å². The number of hydrogen-bond acceptors (Lipinski definition) is 5. The summed E-state index contributed by atoms with van der Waals surface area (Å²) in [7, 11) is 0. The minimum Gasteiger partial charge on any atom is -0.406 e. The molecule has 0 fully saturated rings. The number of nitrogens with one attached hydrogen (secondary N) is 1. The van der Waals surface area contributed by atoms with Gasteiger partial charge in [0.05, 0.1) is 0 Å². The van der Waals surface area contributed by atoms with Crippen molar-refractivity contribution in [2.75, 3.05) is 0 Å². The molecule has 0 unspecified atom stereocenters. The lowest BCUT2D eigenvalue weighted by Crippen LogP contribution is -2.30. The van der Waals surface area contributed by atoms with E-state index in [0.29, 0.717) is 5.75 Å². The van der Waals surface area contributed by atoms with Crippen molar-refractivity contribution in [3.05, 3.63) is 54.6 Å². The topological polar surface area (TPSA) is 99.9 Å². The van der Waals surface area contributed by atoms with E-state index < -0.39 is 12.2 Å².